The monoisotopic (exact) mass is 580 g/mol. The minimum atomic E-state index is -4.61. The van der Waals surface area contributed by atoms with Crippen molar-refractivity contribution in [3.63, 3.8) is 0 Å². The molecule has 226 valence electrons. The van der Waals surface area contributed by atoms with Crippen molar-refractivity contribution in [2.45, 2.75) is 65.7 Å². The standard InChI is InChI=1S/C29H39F3N4O5/c1-7-9-11-19(15-34-27(39)41-28(3,4)5)18(10-8-2)14-24-33-16-21(36-24)20-12-22(37)25(23(13-20)40-6)26(38)35-17-29(30,31)32/h8,10,12-14,16,19,37H,7,9,11,15,17H2,1-6H3,(H,33,36)(H,34,39)(H,35,38)/b10-8-,18-14+. The molecule has 0 aliphatic heterocycles. The Balaban J connectivity index is 2.34. The number of ether oxygens (including phenoxy) is 2. The van der Waals surface area contributed by atoms with Crippen LogP contribution < -0.4 is 15.4 Å². The van der Waals surface area contributed by atoms with Crippen LogP contribution in [0, 0.1) is 5.92 Å². The molecule has 2 amide bonds. The summed E-state index contributed by atoms with van der Waals surface area (Å²) in [5.41, 5.74) is 0.781. The minimum Gasteiger partial charge on any atom is -0.507 e. The zero-order valence-electron chi connectivity index (χ0n) is 24.2. The highest BCUT2D eigenvalue weighted by Gasteiger charge is 2.29. The number of hydrogen-bond acceptors (Lipinski definition) is 6. The van der Waals surface area contributed by atoms with E-state index in [1.54, 1.807) is 26.1 Å². The summed E-state index contributed by atoms with van der Waals surface area (Å²) >= 11 is 0. The number of aromatic amines is 1. The number of alkyl carbamates (subject to hydrolysis) is 1. The predicted octanol–water partition coefficient (Wildman–Crippen LogP) is 6.37. The average Bonchev–Trinajstić information content (AvgIpc) is 3.34. The quantitative estimate of drug-likeness (QED) is 0.216. The third kappa shape index (κ3) is 10.8. The molecule has 1 unspecified atom stereocenters. The molecule has 0 radical (unpaired) electrons. The van der Waals surface area contributed by atoms with E-state index in [2.05, 4.69) is 22.2 Å². The maximum absolute atomic E-state index is 12.5. The molecule has 1 aromatic heterocycles. The number of H-pyrrole nitrogens is 1. The van der Waals surface area contributed by atoms with Crippen LogP contribution in [0.1, 0.15) is 70.1 Å². The first-order valence-corrected chi connectivity index (χ1v) is 13.3. The molecule has 1 heterocycles. The van der Waals surface area contributed by atoms with Gasteiger partial charge in [0, 0.05) is 18.0 Å². The summed E-state index contributed by atoms with van der Waals surface area (Å²) in [7, 11) is 1.24. The second-order valence-electron chi connectivity index (χ2n) is 10.4. The van der Waals surface area contributed by atoms with Crippen LogP contribution in [0.15, 0.2) is 36.1 Å². The van der Waals surface area contributed by atoms with E-state index >= 15 is 0 Å². The number of methoxy groups -OCH3 is 1. The largest absolute Gasteiger partial charge is 0.507 e. The third-order valence-electron chi connectivity index (χ3n) is 5.82. The molecule has 0 spiro atoms. The Kier molecular flexibility index (Phi) is 11.8. The number of alkyl halides is 3. The maximum Gasteiger partial charge on any atom is 0.407 e. The summed E-state index contributed by atoms with van der Waals surface area (Å²) in [6.45, 7) is 8.19. The fourth-order valence-electron chi connectivity index (χ4n) is 3.98. The number of nitrogens with zero attached hydrogens (tertiary/aromatic N) is 1. The van der Waals surface area contributed by atoms with Crippen molar-refractivity contribution in [3.8, 4) is 22.8 Å². The number of carbonyl (C=O) groups is 2. The number of aromatic nitrogens is 2. The Bertz CT molecular complexity index is 1250. The highest BCUT2D eigenvalue weighted by atomic mass is 19.4. The lowest BCUT2D eigenvalue weighted by Gasteiger charge is -2.22. The van der Waals surface area contributed by atoms with Crippen molar-refractivity contribution in [2.24, 2.45) is 5.92 Å². The van der Waals surface area contributed by atoms with Gasteiger partial charge in [0.05, 0.1) is 19.0 Å². The zero-order valence-corrected chi connectivity index (χ0v) is 24.2. The predicted molar refractivity (Wildman–Crippen MR) is 151 cm³/mol. The van der Waals surface area contributed by atoms with Gasteiger partial charge in [0.2, 0.25) is 0 Å². The number of hydrogen-bond donors (Lipinski definition) is 4. The summed E-state index contributed by atoms with van der Waals surface area (Å²) in [5.74, 6) is -1.30. The van der Waals surface area contributed by atoms with Gasteiger partial charge in [-0.25, -0.2) is 9.78 Å². The lowest BCUT2D eigenvalue weighted by atomic mass is 9.92. The Hall–Kier alpha value is -3.96. The number of phenols is 1. The number of benzene rings is 1. The number of nitrogens with one attached hydrogen (secondary N) is 3. The molecule has 0 aliphatic carbocycles. The van der Waals surface area contributed by atoms with Gasteiger partial charge in [0.1, 0.15) is 35.0 Å². The van der Waals surface area contributed by atoms with Gasteiger partial charge in [-0.3, -0.25) is 4.79 Å². The van der Waals surface area contributed by atoms with Crippen molar-refractivity contribution < 1.29 is 37.3 Å². The van der Waals surface area contributed by atoms with Crippen molar-refractivity contribution >= 4 is 18.1 Å². The van der Waals surface area contributed by atoms with Crippen LogP contribution in [0.25, 0.3) is 17.3 Å². The van der Waals surface area contributed by atoms with E-state index in [1.807, 2.05) is 25.2 Å². The topological polar surface area (TPSA) is 126 Å². The van der Waals surface area contributed by atoms with Crippen LogP contribution in [-0.2, 0) is 4.74 Å². The lowest BCUT2D eigenvalue weighted by Crippen LogP contribution is -2.35. The molecular weight excluding hydrogens is 541 g/mol. The highest BCUT2D eigenvalue weighted by molar-refractivity contribution is 6.00. The summed E-state index contributed by atoms with van der Waals surface area (Å²) in [6.07, 6.45) is 4.87. The first-order valence-electron chi connectivity index (χ1n) is 13.3. The van der Waals surface area contributed by atoms with E-state index in [9.17, 15) is 27.9 Å². The molecule has 2 aromatic rings. The smallest absolute Gasteiger partial charge is 0.407 e. The molecule has 1 aromatic carbocycles. The number of allylic oxidation sites excluding steroid dienone is 2. The second kappa shape index (κ2) is 14.6. The van der Waals surface area contributed by atoms with Crippen molar-refractivity contribution in [2.75, 3.05) is 20.2 Å². The van der Waals surface area contributed by atoms with Gasteiger partial charge in [-0.1, -0.05) is 31.9 Å². The third-order valence-corrected chi connectivity index (χ3v) is 5.82. The molecular formula is C29H39F3N4O5. The molecule has 9 nitrogen and oxygen atoms in total. The van der Waals surface area contributed by atoms with E-state index in [4.69, 9.17) is 9.47 Å². The van der Waals surface area contributed by atoms with Gasteiger partial charge in [0.15, 0.2) is 0 Å². The summed E-state index contributed by atoms with van der Waals surface area (Å²) in [6, 6.07) is 2.67. The maximum atomic E-state index is 12.5. The van der Waals surface area contributed by atoms with Gasteiger partial charge in [-0.15, -0.1) is 0 Å². The fourth-order valence-corrected chi connectivity index (χ4v) is 3.98. The molecule has 41 heavy (non-hydrogen) atoms. The zero-order chi connectivity index (χ0) is 30.8. The Morgan fingerprint density at radius 1 is 1.20 bits per heavy atom. The highest BCUT2D eigenvalue weighted by Crippen LogP contribution is 2.34. The van der Waals surface area contributed by atoms with Crippen LogP contribution in [0.5, 0.6) is 11.5 Å². The average molecular weight is 581 g/mol. The molecule has 0 aliphatic rings. The number of rotatable bonds is 12. The van der Waals surface area contributed by atoms with Crippen LogP contribution in [0.3, 0.4) is 0 Å². The van der Waals surface area contributed by atoms with Gasteiger partial charge in [-0.2, -0.15) is 13.2 Å². The molecule has 0 bridgehead atoms. The number of unbranched alkanes of at least 4 members (excludes halogenated alkanes) is 1. The molecule has 4 N–H and O–H groups in total. The SMILES string of the molecule is C/C=C\C(=C/c1ncc(-c2cc(O)c(C(=O)NCC(F)(F)F)c(OC)c2)[nH]1)C(CCCC)CNC(=O)OC(C)(C)C. The summed E-state index contributed by atoms with van der Waals surface area (Å²) in [4.78, 5) is 32.1. The van der Waals surface area contributed by atoms with Crippen LogP contribution in [0.4, 0.5) is 18.0 Å². The van der Waals surface area contributed by atoms with Gasteiger partial charge in [-0.05, 0) is 57.9 Å². The first kappa shape index (κ1) is 33.2. The van der Waals surface area contributed by atoms with Crippen molar-refractivity contribution in [1.82, 2.24) is 20.6 Å². The molecule has 0 fully saturated rings. The Morgan fingerprint density at radius 3 is 2.49 bits per heavy atom. The Labute approximate surface area is 238 Å². The number of phenolic OH excluding ortho intramolecular Hbond substituents is 1. The molecule has 1 atom stereocenters. The van der Waals surface area contributed by atoms with Crippen molar-refractivity contribution in [1.29, 1.82) is 0 Å². The normalized spacial score (nSPS) is 13.2. The Morgan fingerprint density at radius 2 is 1.90 bits per heavy atom. The molecule has 0 saturated heterocycles. The summed E-state index contributed by atoms with van der Waals surface area (Å²) in [5, 5.41) is 15.1. The minimum absolute atomic E-state index is 0.0224. The van der Waals surface area contributed by atoms with Crippen LogP contribution in [-0.4, -0.2) is 59.1 Å². The number of carbonyl (C=O) groups excluding carboxylic acids is 2. The van der Waals surface area contributed by atoms with E-state index in [0.717, 1.165) is 24.8 Å². The van der Waals surface area contributed by atoms with Crippen molar-refractivity contribution in [3.05, 3.63) is 47.4 Å². The number of amides is 2. The van der Waals surface area contributed by atoms with E-state index in [1.165, 1.54) is 25.4 Å². The first-order chi connectivity index (χ1) is 19.2. The van der Waals surface area contributed by atoms with Gasteiger partial charge >= 0.3 is 12.3 Å². The number of halogens is 3. The fraction of sp³-hybridized carbons (Fsp3) is 0.483. The van der Waals surface area contributed by atoms with E-state index in [-0.39, 0.29) is 11.7 Å². The summed E-state index contributed by atoms with van der Waals surface area (Å²) < 4.78 is 48.2. The van der Waals surface area contributed by atoms with E-state index in [0.29, 0.717) is 23.6 Å². The molecule has 0 saturated carbocycles. The van der Waals surface area contributed by atoms with E-state index < -0.39 is 41.6 Å². The van der Waals surface area contributed by atoms with Crippen LogP contribution in [0.2, 0.25) is 0 Å². The second-order valence-corrected chi connectivity index (χ2v) is 10.4. The number of aromatic hydroxyl groups is 1. The number of imidazole rings is 1. The molecule has 2 rings (SSSR count). The van der Waals surface area contributed by atoms with Gasteiger partial charge in [0.25, 0.3) is 5.91 Å². The van der Waals surface area contributed by atoms with Crippen LogP contribution >= 0.6 is 0 Å². The molecule has 12 heteroatoms. The van der Waals surface area contributed by atoms with Gasteiger partial charge < -0.3 is 30.2 Å². The lowest BCUT2D eigenvalue weighted by molar-refractivity contribution is -0.123.